The zero-order valence-electron chi connectivity index (χ0n) is 13.7. The van der Waals surface area contributed by atoms with Crippen molar-refractivity contribution in [2.45, 2.75) is 47.0 Å². The first-order valence-electron chi connectivity index (χ1n) is 7.98. The molecule has 0 fully saturated rings. The third kappa shape index (κ3) is 2.89. The second-order valence-corrected chi connectivity index (χ2v) is 8.16. The maximum atomic E-state index is 11.9. The number of carbonyl (C=O) groups is 1. The maximum absolute atomic E-state index is 11.9. The molecular formula is C18H23NO2S. The normalized spacial score (nSPS) is 18.3. The smallest absolute Gasteiger partial charge is 0.348 e. The largest absolute Gasteiger partial charge is 0.462 e. The van der Waals surface area contributed by atoms with Gasteiger partial charge in [-0.1, -0.05) is 20.8 Å². The lowest BCUT2D eigenvalue weighted by molar-refractivity contribution is 0.0532. The van der Waals surface area contributed by atoms with Crippen molar-refractivity contribution in [3.63, 3.8) is 0 Å². The zero-order chi connectivity index (χ0) is 15.9. The van der Waals surface area contributed by atoms with Crippen LogP contribution in [-0.2, 0) is 17.6 Å². The van der Waals surface area contributed by atoms with E-state index < -0.39 is 0 Å². The number of ether oxygens (including phenoxy) is 1. The molecule has 0 aromatic carbocycles. The highest BCUT2D eigenvalue weighted by Crippen LogP contribution is 2.38. The fraction of sp³-hybridized carbons (Fsp3) is 0.556. The summed E-state index contributed by atoms with van der Waals surface area (Å²) in [4.78, 5) is 18.3. The minimum Gasteiger partial charge on any atom is -0.462 e. The first kappa shape index (κ1) is 15.5. The van der Waals surface area contributed by atoms with Crippen LogP contribution in [0.2, 0.25) is 0 Å². The quantitative estimate of drug-likeness (QED) is 0.758. The van der Waals surface area contributed by atoms with Crippen LogP contribution in [0.4, 0.5) is 0 Å². The Morgan fingerprint density at radius 2 is 2.18 bits per heavy atom. The molecule has 0 N–H and O–H groups in total. The molecule has 0 saturated carbocycles. The van der Waals surface area contributed by atoms with Gasteiger partial charge in [0, 0.05) is 11.1 Å². The number of hydrogen-bond acceptors (Lipinski definition) is 4. The van der Waals surface area contributed by atoms with Crippen molar-refractivity contribution >= 4 is 27.5 Å². The Labute approximate surface area is 135 Å². The number of aryl methyl sites for hydroxylation is 1. The first-order valence-corrected chi connectivity index (χ1v) is 8.79. The lowest BCUT2D eigenvalue weighted by atomic mass is 9.71. The van der Waals surface area contributed by atoms with Gasteiger partial charge in [-0.2, -0.15) is 0 Å². The third-order valence-electron chi connectivity index (χ3n) is 4.57. The van der Waals surface area contributed by atoms with Crippen molar-refractivity contribution in [2.75, 3.05) is 6.61 Å². The Morgan fingerprint density at radius 3 is 2.86 bits per heavy atom. The van der Waals surface area contributed by atoms with E-state index in [2.05, 4.69) is 26.8 Å². The molecule has 0 saturated heterocycles. The molecule has 1 atom stereocenters. The average Bonchev–Trinajstić information content (AvgIpc) is 2.86. The lowest BCUT2D eigenvalue weighted by Crippen LogP contribution is -2.27. The molecule has 0 spiro atoms. The lowest BCUT2D eigenvalue weighted by Gasteiger charge is -2.34. The van der Waals surface area contributed by atoms with Crippen molar-refractivity contribution in [1.29, 1.82) is 0 Å². The van der Waals surface area contributed by atoms with Gasteiger partial charge in [-0.05, 0) is 55.2 Å². The molecule has 0 amide bonds. The molecule has 118 valence electrons. The number of rotatable bonds is 2. The summed E-state index contributed by atoms with van der Waals surface area (Å²) in [5.41, 5.74) is 2.90. The third-order valence-corrected chi connectivity index (χ3v) is 5.60. The van der Waals surface area contributed by atoms with E-state index >= 15 is 0 Å². The molecule has 2 aromatic heterocycles. The van der Waals surface area contributed by atoms with Crippen LogP contribution in [0.25, 0.3) is 10.2 Å². The Bertz CT molecular complexity index is 712. The molecule has 2 aromatic rings. The summed E-state index contributed by atoms with van der Waals surface area (Å²) in [6, 6.07) is 4.15. The van der Waals surface area contributed by atoms with E-state index in [0.717, 1.165) is 23.1 Å². The summed E-state index contributed by atoms with van der Waals surface area (Å²) >= 11 is 1.44. The molecule has 3 rings (SSSR count). The van der Waals surface area contributed by atoms with Gasteiger partial charge in [-0.3, -0.25) is 0 Å². The molecular weight excluding hydrogens is 294 g/mol. The molecule has 0 bridgehead atoms. The van der Waals surface area contributed by atoms with Crippen molar-refractivity contribution in [2.24, 2.45) is 11.3 Å². The molecule has 0 unspecified atom stereocenters. The summed E-state index contributed by atoms with van der Waals surface area (Å²) in [6.07, 6.45) is 3.33. The van der Waals surface area contributed by atoms with Gasteiger partial charge in [-0.25, -0.2) is 9.78 Å². The van der Waals surface area contributed by atoms with E-state index in [-0.39, 0.29) is 5.97 Å². The molecule has 0 aliphatic heterocycles. The predicted molar refractivity (Wildman–Crippen MR) is 90.5 cm³/mol. The van der Waals surface area contributed by atoms with E-state index in [9.17, 15) is 4.79 Å². The second-order valence-electron chi connectivity index (χ2n) is 7.13. The van der Waals surface area contributed by atoms with Crippen LogP contribution in [0.3, 0.4) is 0 Å². The Kier molecular flexibility index (Phi) is 3.98. The zero-order valence-corrected chi connectivity index (χ0v) is 14.5. The molecule has 2 heterocycles. The first-order chi connectivity index (χ1) is 10.4. The van der Waals surface area contributed by atoms with Gasteiger partial charge in [0.15, 0.2) is 0 Å². The van der Waals surface area contributed by atoms with E-state index in [1.54, 1.807) is 0 Å². The number of hydrogen-bond donors (Lipinski definition) is 0. The summed E-state index contributed by atoms with van der Waals surface area (Å²) in [7, 11) is 0. The van der Waals surface area contributed by atoms with E-state index in [0.29, 0.717) is 22.8 Å². The molecule has 3 nitrogen and oxygen atoms in total. The number of nitrogens with zero attached hydrogens (tertiary/aromatic N) is 1. The minimum absolute atomic E-state index is 0.240. The highest BCUT2D eigenvalue weighted by Gasteiger charge is 2.29. The van der Waals surface area contributed by atoms with Crippen LogP contribution in [0.5, 0.6) is 0 Å². The van der Waals surface area contributed by atoms with E-state index in [4.69, 9.17) is 9.72 Å². The standard InChI is InChI=1S/C18H23NO2S/c1-5-21-17(20)15-10-12-8-11-9-13(18(2,3)4)6-7-14(11)19-16(12)22-15/h8,10,13H,5-7,9H2,1-4H3/t13-/m1/s1. The maximum Gasteiger partial charge on any atom is 0.348 e. The Balaban J connectivity index is 1.95. The van der Waals surface area contributed by atoms with Crippen molar-refractivity contribution in [3.8, 4) is 0 Å². The monoisotopic (exact) mass is 317 g/mol. The SMILES string of the molecule is CCOC(=O)c1cc2cc3c(nc2s1)CC[C@@H](C(C)(C)C)C3. The predicted octanol–water partition coefficient (Wildman–Crippen LogP) is 4.62. The summed E-state index contributed by atoms with van der Waals surface area (Å²) < 4.78 is 5.09. The number of carbonyl (C=O) groups excluding carboxylic acids is 1. The van der Waals surface area contributed by atoms with Crippen molar-refractivity contribution < 1.29 is 9.53 Å². The molecule has 4 heteroatoms. The second kappa shape index (κ2) is 5.65. The van der Waals surface area contributed by atoms with Crippen LogP contribution in [0.1, 0.15) is 55.0 Å². The van der Waals surface area contributed by atoms with Gasteiger partial charge in [-0.15, -0.1) is 11.3 Å². The van der Waals surface area contributed by atoms with Gasteiger partial charge < -0.3 is 4.74 Å². The van der Waals surface area contributed by atoms with E-state index in [1.165, 1.54) is 29.0 Å². The summed E-state index contributed by atoms with van der Waals surface area (Å²) in [5, 5.41) is 1.07. The summed E-state index contributed by atoms with van der Waals surface area (Å²) in [5.74, 6) is 0.457. The number of pyridine rings is 1. The van der Waals surface area contributed by atoms with Gasteiger partial charge >= 0.3 is 5.97 Å². The Morgan fingerprint density at radius 1 is 1.41 bits per heavy atom. The van der Waals surface area contributed by atoms with Crippen LogP contribution in [0, 0.1) is 11.3 Å². The van der Waals surface area contributed by atoms with E-state index in [1.807, 2.05) is 13.0 Å². The Hall–Kier alpha value is -1.42. The fourth-order valence-electron chi connectivity index (χ4n) is 3.17. The van der Waals surface area contributed by atoms with Crippen LogP contribution < -0.4 is 0 Å². The molecule has 0 radical (unpaired) electrons. The highest BCUT2D eigenvalue weighted by atomic mass is 32.1. The van der Waals surface area contributed by atoms with Gasteiger partial charge in [0.2, 0.25) is 0 Å². The van der Waals surface area contributed by atoms with Gasteiger partial charge in [0.05, 0.1) is 6.61 Å². The summed E-state index contributed by atoms with van der Waals surface area (Å²) in [6.45, 7) is 9.19. The molecule has 1 aliphatic carbocycles. The van der Waals surface area contributed by atoms with Crippen LogP contribution in [-0.4, -0.2) is 17.6 Å². The van der Waals surface area contributed by atoms with Crippen LogP contribution >= 0.6 is 11.3 Å². The number of thiophene rings is 1. The number of esters is 1. The van der Waals surface area contributed by atoms with Crippen molar-refractivity contribution in [3.05, 3.63) is 28.3 Å². The fourth-order valence-corrected chi connectivity index (χ4v) is 4.09. The highest BCUT2D eigenvalue weighted by molar-refractivity contribution is 7.20. The van der Waals surface area contributed by atoms with Crippen LogP contribution in [0.15, 0.2) is 12.1 Å². The topological polar surface area (TPSA) is 39.2 Å². The molecule has 1 aliphatic rings. The minimum atomic E-state index is -0.240. The molecule has 22 heavy (non-hydrogen) atoms. The van der Waals surface area contributed by atoms with Crippen molar-refractivity contribution in [1.82, 2.24) is 4.98 Å². The number of aromatic nitrogens is 1. The number of fused-ring (bicyclic) bond motifs is 2. The van der Waals surface area contributed by atoms with Gasteiger partial charge in [0.1, 0.15) is 9.71 Å². The average molecular weight is 317 g/mol. The van der Waals surface area contributed by atoms with Gasteiger partial charge in [0.25, 0.3) is 0 Å².